The molecule has 1 aliphatic heterocycles. The van der Waals surface area contributed by atoms with Crippen molar-refractivity contribution in [1.82, 2.24) is 14.7 Å². The Labute approximate surface area is 124 Å². The van der Waals surface area contributed by atoms with E-state index >= 15 is 0 Å². The highest BCUT2D eigenvalue weighted by Gasteiger charge is 2.30. The molecule has 21 heavy (non-hydrogen) atoms. The van der Waals surface area contributed by atoms with E-state index in [1.165, 1.54) is 0 Å². The molecule has 0 spiro atoms. The minimum atomic E-state index is -0.475. The second-order valence-electron chi connectivity index (χ2n) is 6.20. The molecule has 0 unspecified atom stereocenters. The van der Waals surface area contributed by atoms with Gasteiger partial charge in [-0.05, 0) is 32.9 Å². The number of fused-ring (bicyclic) bond motifs is 1. The zero-order valence-electron chi connectivity index (χ0n) is 12.5. The van der Waals surface area contributed by atoms with Crippen LogP contribution in [0.2, 0.25) is 0 Å². The van der Waals surface area contributed by atoms with Crippen LogP contribution in [0, 0.1) is 0 Å². The fourth-order valence-electron chi connectivity index (χ4n) is 2.40. The number of benzene rings is 1. The van der Waals surface area contributed by atoms with Gasteiger partial charge in [-0.15, -0.1) is 0 Å². The van der Waals surface area contributed by atoms with Gasteiger partial charge in [-0.2, -0.15) is 5.10 Å². The van der Waals surface area contributed by atoms with Crippen molar-refractivity contribution in [3.05, 3.63) is 47.8 Å². The van der Waals surface area contributed by atoms with Crippen molar-refractivity contribution < 1.29 is 9.53 Å². The lowest BCUT2D eigenvalue weighted by Gasteiger charge is -2.24. The monoisotopic (exact) mass is 285 g/mol. The predicted octanol–water partition coefficient (Wildman–Crippen LogP) is 3.12. The van der Waals surface area contributed by atoms with E-state index < -0.39 is 5.60 Å². The Hall–Kier alpha value is -2.30. The topological polar surface area (TPSA) is 47.4 Å². The summed E-state index contributed by atoms with van der Waals surface area (Å²) in [7, 11) is 0. The van der Waals surface area contributed by atoms with Gasteiger partial charge in [-0.1, -0.05) is 18.2 Å². The van der Waals surface area contributed by atoms with Crippen LogP contribution >= 0.6 is 0 Å². The quantitative estimate of drug-likeness (QED) is 0.808. The highest BCUT2D eigenvalue weighted by atomic mass is 16.6. The number of amides is 1. The molecule has 5 nitrogen and oxygen atoms in total. The molecular formula is C16H19N3O2. The van der Waals surface area contributed by atoms with Gasteiger partial charge in [0.25, 0.3) is 0 Å². The maximum absolute atomic E-state index is 12.1. The zero-order chi connectivity index (χ0) is 15.0. The average molecular weight is 285 g/mol. The van der Waals surface area contributed by atoms with Crippen LogP contribution in [0.5, 0.6) is 0 Å². The van der Waals surface area contributed by atoms with Crippen molar-refractivity contribution in [2.45, 2.75) is 39.5 Å². The number of rotatable bonds is 1. The van der Waals surface area contributed by atoms with Crippen LogP contribution in [-0.4, -0.2) is 26.4 Å². The first-order valence-corrected chi connectivity index (χ1v) is 7.03. The largest absolute Gasteiger partial charge is 0.444 e. The highest BCUT2D eigenvalue weighted by Crippen LogP contribution is 2.26. The first-order chi connectivity index (χ1) is 9.94. The summed E-state index contributed by atoms with van der Waals surface area (Å²) in [5.41, 5.74) is 2.65. The second kappa shape index (κ2) is 4.91. The Bertz CT molecular complexity index is 656. The molecule has 2 aromatic rings. The maximum Gasteiger partial charge on any atom is 0.410 e. The molecule has 3 rings (SSSR count). The van der Waals surface area contributed by atoms with E-state index in [2.05, 4.69) is 5.10 Å². The number of nitrogens with zero attached hydrogens (tertiary/aromatic N) is 3. The van der Waals surface area contributed by atoms with E-state index in [1.807, 2.05) is 62.0 Å². The molecule has 1 amide bonds. The molecule has 110 valence electrons. The van der Waals surface area contributed by atoms with Gasteiger partial charge in [0.05, 0.1) is 30.7 Å². The van der Waals surface area contributed by atoms with E-state index in [4.69, 9.17) is 4.74 Å². The van der Waals surface area contributed by atoms with Gasteiger partial charge < -0.3 is 4.74 Å². The van der Waals surface area contributed by atoms with Gasteiger partial charge in [0.1, 0.15) is 5.60 Å². The van der Waals surface area contributed by atoms with E-state index in [0.717, 1.165) is 16.9 Å². The molecule has 0 saturated heterocycles. The van der Waals surface area contributed by atoms with Gasteiger partial charge in [-0.3, -0.25) is 4.90 Å². The van der Waals surface area contributed by atoms with Crippen LogP contribution in [0.25, 0.3) is 5.69 Å². The highest BCUT2D eigenvalue weighted by molar-refractivity contribution is 5.69. The SMILES string of the molecule is CC(C)(C)OC(=O)N1Cc2cnn(-c3ccccc3)c2C1. The molecule has 0 radical (unpaired) electrons. The van der Waals surface area contributed by atoms with Crippen LogP contribution in [0.3, 0.4) is 0 Å². The number of hydrogen-bond acceptors (Lipinski definition) is 3. The van der Waals surface area contributed by atoms with Gasteiger partial charge in [-0.25, -0.2) is 9.48 Å². The summed E-state index contributed by atoms with van der Waals surface area (Å²) >= 11 is 0. The van der Waals surface area contributed by atoms with Gasteiger partial charge in [0.15, 0.2) is 0 Å². The summed E-state index contributed by atoms with van der Waals surface area (Å²) in [5, 5.41) is 4.41. The van der Waals surface area contributed by atoms with Crippen molar-refractivity contribution >= 4 is 6.09 Å². The Morgan fingerprint density at radius 3 is 2.57 bits per heavy atom. The van der Waals surface area contributed by atoms with Crippen LogP contribution in [0.15, 0.2) is 36.5 Å². The second-order valence-corrected chi connectivity index (χ2v) is 6.20. The Balaban J connectivity index is 1.80. The van der Waals surface area contributed by atoms with Crippen LogP contribution in [-0.2, 0) is 17.8 Å². The standard InChI is InChI=1S/C16H19N3O2/c1-16(2,3)21-15(20)18-10-12-9-17-19(14(12)11-18)13-7-5-4-6-8-13/h4-9H,10-11H2,1-3H3. The Morgan fingerprint density at radius 2 is 1.90 bits per heavy atom. The molecule has 1 aromatic heterocycles. The lowest BCUT2D eigenvalue weighted by molar-refractivity contribution is 0.0239. The normalized spacial score (nSPS) is 14.1. The van der Waals surface area contributed by atoms with Crippen LogP contribution < -0.4 is 0 Å². The lowest BCUT2D eigenvalue weighted by Crippen LogP contribution is -2.33. The smallest absolute Gasteiger partial charge is 0.410 e. The molecule has 2 heterocycles. The summed E-state index contributed by atoms with van der Waals surface area (Å²) in [6, 6.07) is 9.93. The molecule has 1 aromatic carbocycles. The number of para-hydroxylation sites is 1. The van der Waals surface area contributed by atoms with Crippen LogP contribution in [0.4, 0.5) is 4.79 Å². The van der Waals surface area contributed by atoms with Gasteiger partial charge in [0.2, 0.25) is 0 Å². The van der Waals surface area contributed by atoms with E-state index in [0.29, 0.717) is 13.1 Å². The Morgan fingerprint density at radius 1 is 1.19 bits per heavy atom. The van der Waals surface area contributed by atoms with Crippen molar-refractivity contribution in [3.63, 3.8) is 0 Å². The minimum absolute atomic E-state index is 0.279. The number of carbonyl (C=O) groups is 1. The van der Waals surface area contributed by atoms with Crippen molar-refractivity contribution in [2.24, 2.45) is 0 Å². The molecule has 0 fully saturated rings. The first-order valence-electron chi connectivity index (χ1n) is 7.03. The zero-order valence-corrected chi connectivity index (χ0v) is 12.5. The summed E-state index contributed by atoms with van der Waals surface area (Å²) < 4.78 is 7.31. The van der Waals surface area contributed by atoms with Crippen molar-refractivity contribution in [3.8, 4) is 5.69 Å². The fraction of sp³-hybridized carbons (Fsp3) is 0.375. The maximum atomic E-state index is 12.1. The number of aromatic nitrogens is 2. The van der Waals surface area contributed by atoms with Crippen molar-refractivity contribution in [2.75, 3.05) is 0 Å². The van der Waals surface area contributed by atoms with Crippen LogP contribution in [0.1, 0.15) is 32.0 Å². The van der Waals surface area contributed by atoms with Gasteiger partial charge >= 0.3 is 6.09 Å². The third-order valence-electron chi connectivity index (χ3n) is 3.31. The number of carbonyl (C=O) groups excluding carboxylic acids is 1. The number of ether oxygens (including phenoxy) is 1. The molecule has 5 heteroatoms. The third kappa shape index (κ3) is 2.77. The van der Waals surface area contributed by atoms with Gasteiger partial charge in [0, 0.05) is 5.56 Å². The summed E-state index contributed by atoms with van der Waals surface area (Å²) in [5.74, 6) is 0. The molecule has 0 aliphatic carbocycles. The molecule has 1 aliphatic rings. The molecular weight excluding hydrogens is 266 g/mol. The van der Waals surface area contributed by atoms with E-state index in [1.54, 1.807) is 4.90 Å². The van der Waals surface area contributed by atoms with E-state index in [9.17, 15) is 4.79 Å². The fourth-order valence-corrected chi connectivity index (χ4v) is 2.40. The summed E-state index contributed by atoms with van der Waals surface area (Å²) in [6.07, 6.45) is 1.55. The molecule has 0 bridgehead atoms. The summed E-state index contributed by atoms with van der Waals surface area (Å²) in [4.78, 5) is 13.9. The molecule has 0 N–H and O–H groups in total. The summed E-state index contributed by atoms with van der Waals surface area (Å²) in [6.45, 7) is 6.70. The molecule has 0 atom stereocenters. The predicted molar refractivity (Wildman–Crippen MR) is 79.0 cm³/mol. The van der Waals surface area contributed by atoms with E-state index in [-0.39, 0.29) is 6.09 Å². The first kappa shape index (κ1) is 13.7. The molecule has 0 saturated carbocycles. The average Bonchev–Trinajstić information content (AvgIpc) is 2.97. The Kier molecular flexibility index (Phi) is 3.20. The minimum Gasteiger partial charge on any atom is -0.444 e. The number of hydrogen-bond donors (Lipinski definition) is 0. The lowest BCUT2D eigenvalue weighted by atomic mass is 10.2. The van der Waals surface area contributed by atoms with Crippen molar-refractivity contribution in [1.29, 1.82) is 0 Å². The third-order valence-corrected chi connectivity index (χ3v) is 3.31.